The van der Waals surface area contributed by atoms with E-state index in [0.29, 0.717) is 17.6 Å². The molecular formula is C18H17N3O3. The van der Waals surface area contributed by atoms with Gasteiger partial charge in [-0.3, -0.25) is 9.36 Å². The highest BCUT2D eigenvalue weighted by molar-refractivity contribution is 5.97. The molecular weight excluding hydrogens is 306 g/mol. The topological polar surface area (TPSA) is 76.1 Å². The van der Waals surface area contributed by atoms with Gasteiger partial charge in [-0.2, -0.15) is 0 Å². The maximum atomic E-state index is 12.3. The lowest BCUT2D eigenvalue weighted by Gasteiger charge is -2.12. The molecule has 2 N–H and O–H groups in total. The minimum Gasteiger partial charge on any atom is -0.488 e. The number of rotatable bonds is 3. The van der Waals surface area contributed by atoms with Crippen molar-refractivity contribution >= 4 is 16.9 Å². The van der Waals surface area contributed by atoms with Crippen molar-refractivity contribution in [2.45, 2.75) is 12.5 Å². The second-order valence-corrected chi connectivity index (χ2v) is 5.98. The molecule has 0 radical (unpaired) electrons. The van der Waals surface area contributed by atoms with Gasteiger partial charge in [-0.05, 0) is 29.8 Å². The molecule has 1 amide bonds. The third-order valence-electron chi connectivity index (χ3n) is 4.37. The summed E-state index contributed by atoms with van der Waals surface area (Å²) < 4.78 is 7.33. The normalized spacial score (nSPS) is 16.0. The molecule has 6 heteroatoms. The van der Waals surface area contributed by atoms with Gasteiger partial charge in [0.1, 0.15) is 11.9 Å². The van der Waals surface area contributed by atoms with Crippen molar-refractivity contribution in [2.75, 3.05) is 6.54 Å². The van der Waals surface area contributed by atoms with Crippen LogP contribution in [0.25, 0.3) is 11.0 Å². The summed E-state index contributed by atoms with van der Waals surface area (Å²) in [6.07, 6.45) is 0.744. The van der Waals surface area contributed by atoms with E-state index in [9.17, 15) is 9.59 Å². The molecule has 1 aliphatic rings. The van der Waals surface area contributed by atoms with Crippen LogP contribution in [0.2, 0.25) is 0 Å². The molecule has 0 bridgehead atoms. The first-order chi connectivity index (χ1) is 11.6. The van der Waals surface area contributed by atoms with E-state index in [1.807, 2.05) is 24.3 Å². The number of hydrogen-bond donors (Lipinski definition) is 2. The molecule has 2 heterocycles. The number of benzene rings is 2. The van der Waals surface area contributed by atoms with E-state index >= 15 is 0 Å². The molecule has 122 valence electrons. The van der Waals surface area contributed by atoms with Crippen LogP contribution in [-0.2, 0) is 13.5 Å². The Labute approximate surface area is 138 Å². The first kappa shape index (κ1) is 14.6. The van der Waals surface area contributed by atoms with Crippen LogP contribution in [0.5, 0.6) is 5.75 Å². The highest BCUT2D eigenvalue weighted by atomic mass is 16.5. The Hall–Kier alpha value is -3.02. The third kappa shape index (κ3) is 2.46. The maximum Gasteiger partial charge on any atom is 0.326 e. The largest absolute Gasteiger partial charge is 0.488 e. The van der Waals surface area contributed by atoms with E-state index < -0.39 is 0 Å². The quantitative estimate of drug-likeness (QED) is 0.769. The van der Waals surface area contributed by atoms with Crippen molar-refractivity contribution < 1.29 is 9.53 Å². The van der Waals surface area contributed by atoms with Gasteiger partial charge in [0.2, 0.25) is 0 Å². The zero-order chi connectivity index (χ0) is 16.7. The number of hydrogen-bond acceptors (Lipinski definition) is 3. The zero-order valence-electron chi connectivity index (χ0n) is 13.2. The minimum absolute atomic E-state index is 0.0494. The van der Waals surface area contributed by atoms with Gasteiger partial charge in [0.25, 0.3) is 5.91 Å². The van der Waals surface area contributed by atoms with Gasteiger partial charge in [0.05, 0.1) is 17.6 Å². The zero-order valence-corrected chi connectivity index (χ0v) is 13.2. The molecule has 3 aromatic rings. The molecule has 0 aliphatic carbocycles. The number of H-pyrrole nitrogens is 1. The fraction of sp³-hybridized carbons (Fsp3) is 0.222. The lowest BCUT2D eigenvalue weighted by Crippen LogP contribution is -2.34. The monoisotopic (exact) mass is 323 g/mol. The second kappa shape index (κ2) is 5.56. The summed E-state index contributed by atoms with van der Waals surface area (Å²) in [5.74, 6) is 0.709. The number of para-hydroxylation sites is 1. The number of aromatic nitrogens is 2. The summed E-state index contributed by atoms with van der Waals surface area (Å²) in [6.45, 7) is 0.441. The number of aromatic amines is 1. The van der Waals surface area contributed by atoms with Crippen LogP contribution in [-0.4, -0.2) is 28.1 Å². The van der Waals surface area contributed by atoms with Gasteiger partial charge in [-0.1, -0.05) is 18.2 Å². The summed E-state index contributed by atoms with van der Waals surface area (Å²) in [7, 11) is 1.69. The Morgan fingerprint density at radius 1 is 1.33 bits per heavy atom. The van der Waals surface area contributed by atoms with Crippen molar-refractivity contribution in [1.82, 2.24) is 14.9 Å². The molecule has 0 fully saturated rings. The van der Waals surface area contributed by atoms with Crippen molar-refractivity contribution in [3.8, 4) is 5.75 Å². The molecule has 6 nitrogen and oxygen atoms in total. The SMILES string of the molecule is Cn1c(=O)[nH]c2cc(C(=O)NC[C@H]3Cc4ccccc4O3)ccc21. The molecule has 2 aromatic carbocycles. The van der Waals surface area contributed by atoms with Crippen LogP contribution >= 0.6 is 0 Å². The maximum absolute atomic E-state index is 12.3. The van der Waals surface area contributed by atoms with Crippen molar-refractivity contribution in [1.29, 1.82) is 0 Å². The molecule has 0 spiro atoms. The van der Waals surface area contributed by atoms with Crippen LogP contribution in [0.15, 0.2) is 47.3 Å². The molecule has 1 aliphatic heterocycles. The lowest BCUT2D eigenvalue weighted by atomic mass is 10.1. The Balaban J connectivity index is 1.44. The highest BCUT2D eigenvalue weighted by Crippen LogP contribution is 2.27. The van der Waals surface area contributed by atoms with Gasteiger partial charge >= 0.3 is 5.69 Å². The molecule has 1 aromatic heterocycles. The number of nitrogens with one attached hydrogen (secondary N) is 2. The van der Waals surface area contributed by atoms with E-state index in [-0.39, 0.29) is 17.7 Å². The Morgan fingerprint density at radius 2 is 2.17 bits per heavy atom. The Bertz CT molecular complexity index is 962. The van der Waals surface area contributed by atoms with Crippen molar-refractivity contribution in [2.24, 2.45) is 7.05 Å². The molecule has 0 unspecified atom stereocenters. The van der Waals surface area contributed by atoms with Crippen LogP contribution in [0.4, 0.5) is 0 Å². The van der Waals surface area contributed by atoms with Gasteiger partial charge in [-0.25, -0.2) is 4.79 Å². The van der Waals surface area contributed by atoms with Crippen LogP contribution in [0, 0.1) is 0 Å². The van der Waals surface area contributed by atoms with E-state index in [4.69, 9.17) is 4.74 Å². The first-order valence-corrected chi connectivity index (χ1v) is 7.83. The number of aryl methyl sites for hydroxylation is 1. The number of carbonyl (C=O) groups excluding carboxylic acids is 1. The first-order valence-electron chi connectivity index (χ1n) is 7.83. The number of ether oxygens (including phenoxy) is 1. The van der Waals surface area contributed by atoms with Gasteiger partial charge in [0.15, 0.2) is 0 Å². The predicted octanol–water partition coefficient (Wildman–Crippen LogP) is 1.60. The van der Waals surface area contributed by atoms with Crippen LogP contribution in [0.3, 0.4) is 0 Å². The lowest BCUT2D eigenvalue weighted by molar-refractivity contribution is 0.0933. The van der Waals surface area contributed by atoms with Gasteiger partial charge in [-0.15, -0.1) is 0 Å². The van der Waals surface area contributed by atoms with Crippen molar-refractivity contribution in [3.63, 3.8) is 0 Å². The molecule has 4 rings (SSSR count). The van der Waals surface area contributed by atoms with E-state index in [1.54, 1.807) is 25.2 Å². The number of amides is 1. The average Bonchev–Trinajstić information content (AvgIpc) is 3.13. The predicted molar refractivity (Wildman–Crippen MR) is 90.4 cm³/mol. The Morgan fingerprint density at radius 3 is 3.00 bits per heavy atom. The van der Waals surface area contributed by atoms with Crippen molar-refractivity contribution in [3.05, 3.63) is 64.1 Å². The fourth-order valence-corrected chi connectivity index (χ4v) is 3.05. The molecule has 0 saturated carbocycles. The Kier molecular flexibility index (Phi) is 3.37. The van der Waals surface area contributed by atoms with Gasteiger partial charge < -0.3 is 15.0 Å². The van der Waals surface area contributed by atoms with Crippen LogP contribution in [0.1, 0.15) is 15.9 Å². The average molecular weight is 323 g/mol. The van der Waals surface area contributed by atoms with Gasteiger partial charge in [0, 0.05) is 19.0 Å². The number of fused-ring (bicyclic) bond motifs is 2. The van der Waals surface area contributed by atoms with E-state index in [2.05, 4.69) is 10.3 Å². The molecule has 0 saturated heterocycles. The third-order valence-corrected chi connectivity index (χ3v) is 4.37. The smallest absolute Gasteiger partial charge is 0.326 e. The number of nitrogens with zero attached hydrogens (tertiary/aromatic N) is 1. The second-order valence-electron chi connectivity index (χ2n) is 5.98. The summed E-state index contributed by atoms with van der Waals surface area (Å²) >= 11 is 0. The number of imidazole rings is 1. The minimum atomic E-state index is -0.195. The summed E-state index contributed by atoms with van der Waals surface area (Å²) in [5.41, 5.74) is 2.91. The number of carbonyl (C=O) groups is 1. The fourth-order valence-electron chi connectivity index (χ4n) is 3.05. The van der Waals surface area contributed by atoms with E-state index in [0.717, 1.165) is 17.7 Å². The van der Waals surface area contributed by atoms with E-state index in [1.165, 1.54) is 10.1 Å². The van der Waals surface area contributed by atoms with Crippen LogP contribution < -0.4 is 15.7 Å². The summed E-state index contributed by atoms with van der Waals surface area (Å²) in [6, 6.07) is 13.1. The highest BCUT2D eigenvalue weighted by Gasteiger charge is 2.22. The summed E-state index contributed by atoms with van der Waals surface area (Å²) in [5, 5.41) is 2.90. The standard InChI is InChI=1S/C18H17N3O3/c1-21-15-7-6-12(9-14(15)20-18(21)23)17(22)19-10-13-8-11-4-2-3-5-16(11)24-13/h2-7,9,13H,8,10H2,1H3,(H,19,22)(H,20,23)/t13-/m1/s1. The molecule has 1 atom stereocenters. The molecule has 24 heavy (non-hydrogen) atoms. The summed E-state index contributed by atoms with van der Waals surface area (Å²) in [4.78, 5) is 26.7.